The van der Waals surface area contributed by atoms with E-state index < -0.39 is 34.6 Å². The Balaban J connectivity index is 1.81. The summed E-state index contributed by atoms with van der Waals surface area (Å²) in [5, 5.41) is 20.2. The molecule has 3 aliphatic heterocycles. The molecule has 4 rings (SSSR count). The molecule has 6 atom stereocenters. The first-order valence-electron chi connectivity index (χ1n) is 11.7. The predicted molar refractivity (Wildman–Crippen MR) is 127 cm³/mol. The minimum absolute atomic E-state index is 0.165. The van der Waals surface area contributed by atoms with Crippen LogP contribution in [0.2, 0.25) is 0 Å². The quantitative estimate of drug-likeness (QED) is 0.508. The number of aliphatic hydroxyl groups excluding tert-OH is 1. The molecule has 3 heterocycles. The fourth-order valence-electron chi connectivity index (χ4n) is 5.99. The average Bonchev–Trinajstić information content (AvgIpc) is 3.45. The van der Waals surface area contributed by atoms with Crippen molar-refractivity contribution < 1.29 is 24.6 Å². The first kappa shape index (κ1) is 23.8. The van der Waals surface area contributed by atoms with Gasteiger partial charge in [-0.15, -0.1) is 18.3 Å². The molecule has 3 fully saturated rings. The molecule has 0 saturated carbocycles. The summed E-state index contributed by atoms with van der Waals surface area (Å²) in [4.78, 5) is 43.5. The van der Waals surface area contributed by atoms with Crippen LogP contribution in [0.25, 0.3) is 0 Å². The van der Waals surface area contributed by atoms with Crippen LogP contribution in [-0.4, -0.2) is 73.5 Å². The van der Waals surface area contributed by atoms with E-state index in [9.17, 15) is 24.6 Å². The largest absolute Gasteiger partial charge is 0.481 e. The third-order valence-corrected chi connectivity index (χ3v) is 9.34. The molecule has 1 spiro atoms. The summed E-state index contributed by atoms with van der Waals surface area (Å²) in [5.74, 6) is -3.05. The Kier molecular flexibility index (Phi) is 6.86. The maximum atomic E-state index is 14.1. The molecule has 2 unspecified atom stereocenters. The molecule has 0 radical (unpaired) electrons. The van der Waals surface area contributed by atoms with Gasteiger partial charge >= 0.3 is 5.97 Å². The van der Waals surface area contributed by atoms with Crippen LogP contribution in [-0.2, 0) is 14.4 Å². The van der Waals surface area contributed by atoms with Gasteiger partial charge in [0.15, 0.2) is 0 Å². The van der Waals surface area contributed by atoms with Crippen molar-refractivity contribution >= 4 is 29.5 Å². The third kappa shape index (κ3) is 3.77. The van der Waals surface area contributed by atoms with E-state index >= 15 is 0 Å². The summed E-state index contributed by atoms with van der Waals surface area (Å²) in [6.45, 7) is 6.43. The number of unbranched alkanes of at least 4 members (excludes halogenated alkanes) is 1. The number of hydrogen-bond donors (Lipinski definition) is 2. The molecule has 3 aliphatic rings. The second-order valence-electron chi connectivity index (χ2n) is 9.18. The first-order valence-corrected chi connectivity index (χ1v) is 12.6. The average molecular weight is 473 g/mol. The minimum Gasteiger partial charge on any atom is -0.481 e. The maximum absolute atomic E-state index is 14.1. The number of carbonyl (C=O) groups is 3. The number of likely N-dealkylation sites (tertiary alicyclic amines) is 1. The number of carboxylic acids is 1. The lowest BCUT2D eigenvalue weighted by atomic mass is 9.71. The zero-order chi connectivity index (χ0) is 23.8. The highest BCUT2D eigenvalue weighted by molar-refractivity contribution is 8.02. The van der Waals surface area contributed by atoms with Crippen molar-refractivity contribution in [3.05, 3.63) is 48.6 Å². The van der Waals surface area contributed by atoms with Gasteiger partial charge in [-0.3, -0.25) is 14.4 Å². The molecule has 0 aliphatic carbocycles. The number of amides is 2. The molecule has 2 bridgehead atoms. The van der Waals surface area contributed by atoms with Crippen molar-refractivity contribution in [1.29, 1.82) is 0 Å². The Labute approximate surface area is 198 Å². The summed E-state index contributed by atoms with van der Waals surface area (Å²) in [6, 6.07) is 7.66. The van der Waals surface area contributed by atoms with Crippen molar-refractivity contribution in [3.63, 3.8) is 0 Å². The van der Waals surface area contributed by atoms with Crippen LogP contribution in [0, 0.1) is 11.8 Å². The highest BCUT2D eigenvalue weighted by atomic mass is 32.2. The molecule has 2 amide bonds. The van der Waals surface area contributed by atoms with Crippen LogP contribution in [0.1, 0.15) is 44.2 Å². The van der Waals surface area contributed by atoms with E-state index in [1.165, 1.54) is 16.7 Å². The van der Waals surface area contributed by atoms with Crippen LogP contribution in [0.5, 0.6) is 0 Å². The lowest BCUT2D eigenvalue weighted by Crippen LogP contribution is -2.55. The normalized spacial score (nSPS) is 30.8. The highest BCUT2D eigenvalue weighted by Gasteiger charge is 2.74. The Morgan fingerprint density at radius 1 is 1.36 bits per heavy atom. The Morgan fingerprint density at radius 2 is 2.09 bits per heavy atom. The van der Waals surface area contributed by atoms with Gasteiger partial charge in [0.2, 0.25) is 11.8 Å². The van der Waals surface area contributed by atoms with E-state index in [4.69, 9.17) is 0 Å². The number of hydrogen-bond acceptors (Lipinski definition) is 5. The molecule has 33 heavy (non-hydrogen) atoms. The Morgan fingerprint density at radius 3 is 2.70 bits per heavy atom. The number of carbonyl (C=O) groups excluding carboxylic acids is 2. The van der Waals surface area contributed by atoms with Crippen molar-refractivity contribution in [2.45, 2.75) is 54.7 Å². The smallest absolute Gasteiger partial charge is 0.308 e. The van der Waals surface area contributed by atoms with E-state index in [2.05, 4.69) is 13.5 Å². The number of aliphatic carboxylic acids is 1. The number of rotatable bonds is 10. The fourth-order valence-corrected chi connectivity index (χ4v) is 8.18. The summed E-state index contributed by atoms with van der Waals surface area (Å²) < 4.78 is -0.782. The number of aliphatic hydroxyl groups is 1. The zero-order valence-corrected chi connectivity index (χ0v) is 19.7. The number of fused-ring (bicyclic) bond motifs is 1. The van der Waals surface area contributed by atoms with Gasteiger partial charge in [-0.05, 0) is 24.8 Å². The molecule has 0 aromatic heterocycles. The lowest BCUT2D eigenvalue weighted by molar-refractivity contribution is -0.150. The van der Waals surface area contributed by atoms with Crippen LogP contribution in [0.3, 0.4) is 0 Å². The van der Waals surface area contributed by atoms with E-state index in [1.54, 1.807) is 11.0 Å². The highest BCUT2D eigenvalue weighted by Crippen LogP contribution is 2.67. The molecule has 1 aromatic rings. The minimum atomic E-state index is -0.977. The zero-order valence-electron chi connectivity index (χ0n) is 18.9. The summed E-state index contributed by atoms with van der Waals surface area (Å²) >= 11 is 1.51. The van der Waals surface area contributed by atoms with Gasteiger partial charge in [0.1, 0.15) is 6.04 Å². The lowest BCUT2D eigenvalue weighted by Gasteiger charge is -2.39. The molecular weight excluding hydrogens is 440 g/mol. The topological polar surface area (TPSA) is 98.2 Å². The number of carboxylic acid groups (broad SMARTS) is 1. The molecule has 2 N–H and O–H groups in total. The molecular formula is C25H32N2O5S. The number of nitrogens with zero attached hydrogens (tertiary/aromatic N) is 2. The second kappa shape index (κ2) is 9.50. The summed E-state index contributed by atoms with van der Waals surface area (Å²) in [7, 11) is 0. The monoisotopic (exact) mass is 472 g/mol. The van der Waals surface area contributed by atoms with Crippen LogP contribution < -0.4 is 0 Å². The Hall–Kier alpha value is -2.32. The van der Waals surface area contributed by atoms with Gasteiger partial charge in [0, 0.05) is 18.3 Å². The molecule has 178 valence electrons. The van der Waals surface area contributed by atoms with Gasteiger partial charge < -0.3 is 20.0 Å². The predicted octanol–water partition coefficient (Wildman–Crippen LogP) is 2.71. The van der Waals surface area contributed by atoms with Gasteiger partial charge in [0.05, 0.1) is 29.2 Å². The standard InChI is InChI=1S/C25H32N2O5S/c1-3-5-14-26(13-4-2)23(30)21-25-12-11-18(33-25)19(24(31)32)20(25)22(29)27(21)17(15-28)16-9-7-6-8-10-16/h4,6-10,17-21,28H,2-3,5,11-15H2,1H3,(H,31,32)/t17-,18-,19+,20+,21?,25?/m1/s1. The van der Waals surface area contributed by atoms with E-state index in [-0.39, 0.29) is 23.7 Å². The molecule has 3 saturated heterocycles. The van der Waals surface area contributed by atoms with Gasteiger partial charge in [-0.2, -0.15) is 0 Å². The van der Waals surface area contributed by atoms with Gasteiger partial charge in [-0.25, -0.2) is 0 Å². The SMILES string of the molecule is C=CCN(CCCC)C(=O)C1N([C@H](CO)c2ccccc2)C(=O)[C@@H]2[C@@H](C(=O)O)[C@H]3CCC12S3. The van der Waals surface area contributed by atoms with E-state index in [0.717, 1.165) is 18.4 Å². The van der Waals surface area contributed by atoms with Crippen LogP contribution >= 0.6 is 11.8 Å². The second-order valence-corrected chi connectivity index (χ2v) is 10.8. The van der Waals surface area contributed by atoms with Crippen LogP contribution in [0.4, 0.5) is 0 Å². The number of thioether (sulfide) groups is 1. The van der Waals surface area contributed by atoms with Gasteiger partial charge in [-0.1, -0.05) is 49.8 Å². The summed E-state index contributed by atoms with van der Waals surface area (Å²) in [6.07, 6.45) is 4.73. The molecule has 1 aromatic carbocycles. The Bertz CT molecular complexity index is 925. The van der Waals surface area contributed by atoms with E-state index in [0.29, 0.717) is 25.9 Å². The molecule has 7 nitrogen and oxygen atoms in total. The number of benzene rings is 1. The maximum Gasteiger partial charge on any atom is 0.308 e. The van der Waals surface area contributed by atoms with E-state index in [1.807, 2.05) is 30.3 Å². The third-order valence-electron chi connectivity index (χ3n) is 7.39. The van der Waals surface area contributed by atoms with Crippen molar-refractivity contribution in [1.82, 2.24) is 9.80 Å². The molecule has 8 heteroatoms. The fraction of sp³-hybridized carbons (Fsp3) is 0.560. The van der Waals surface area contributed by atoms with Crippen molar-refractivity contribution in [2.75, 3.05) is 19.7 Å². The van der Waals surface area contributed by atoms with Gasteiger partial charge in [0.25, 0.3) is 0 Å². The van der Waals surface area contributed by atoms with Crippen LogP contribution in [0.15, 0.2) is 43.0 Å². The van der Waals surface area contributed by atoms with Crippen molar-refractivity contribution in [3.8, 4) is 0 Å². The summed E-state index contributed by atoms with van der Waals surface area (Å²) in [5.41, 5.74) is 0.734. The van der Waals surface area contributed by atoms with Crippen molar-refractivity contribution in [2.24, 2.45) is 11.8 Å². The first-order chi connectivity index (χ1) is 15.9.